The van der Waals surface area contributed by atoms with Gasteiger partial charge in [0.15, 0.2) is 10.8 Å². The molecule has 0 bridgehead atoms. The standard InChI is InChI=1S/C12H11N3O4S/c1-2-19-11(16)9-7-20-12(14-9)13-8-5-3-4-6-10(8)15(17)18/h3-7H,2H2,1H3,(H,13,14). The Labute approximate surface area is 118 Å². The van der Waals surface area contributed by atoms with Crippen LogP contribution in [0.1, 0.15) is 17.4 Å². The molecule has 8 heteroatoms. The summed E-state index contributed by atoms with van der Waals surface area (Å²) in [6, 6.07) is 6.22. The summed E-state index contributed by atoms with van der Waals surface area (Å²) in [5.74, 6) is -0.514. The van der Waals surface area contributed by atoms with E-state index >= 15 is 0 Å². The molecule has 0 saturated carbocycles. The summed E-state index contributed by atoms with van der Waals surface area (Å²) in [5.41, 5.74) is 0.445. The predicted octanol–water partition coefficient (Wildman–Crippen LogP) is 2.97. The van der Waals surface area contributed by atoms with E-state index in [1.807, 2.05) is 0 Å². The van der Waals surface area contributed by atoms with E-state index in [0.29, 0.717) is 10.8 Å². The van der Waals surface area contributed by atoms with E-state index in [2.05, 4.69) is 10.3 Å². The van der Waals surface area contributed by atoms with Crippen LogP contribution in [0.25, 0.3) is 0 Å². The number of carbonyl (C=O) groups is 1. The van der Waals surface area contributed by atoms with Gasteiger partial charge in [-0.2, -0.15) is 0 Å². The summed E-state index contributed by atoms with van der Waals surface area (Å²) < 4.78 is 4.82. The lowest BCUT2D eigenvalue weighted by Gasteiger charge is -2.02. The van der Waals surface area contributed by atoms with Crippen LogP contribution in [-0.4, -0.2) is 22.5 Å². The van der Waals surface area contributed by atoms with Gasteiger partial charge in [0.2, 0.25) is 0 Å². The lowest BCUT2D eigenvalue weighted by atomic mass is 10.3. The molecule has 1 N–H and O–H groups in total. The number of nitrogens with zero attached hydrogens (tertiary/aromatic N) is 2. The SMILES string of the molecule is CCOC(=O)c1csc(Nc2ccccc2[N+](=O)[O-])n1. The van der Waals surface area contributed by atoms with Crippen molar-refractivity contribution in [2.45, 2.75) is 6.92 Å². The second-order valence-corrected chi connectivity index (χ2v) is 4.52. The lowest BCUT2D eigenvalue weighted by molar-refractivity contribution is -0.383. The van der Waals surface area contributed by atoms with Gasteiger partial charge in [-0.25, -0.2) is 9.78 Å². The Morgan fingerprint density at radius 3 is 2.95 bits per heavy atom. The maximum Gasteiger partial charge on any atom is 0.357 e. The largest absolute Gasteiger partial charge is 0.461 e. The number of hydrogen-bond acceptors (Lipinski definition) is 7. The number of benzene rings is 1. The van der Waals surface area contributed by atoms with Crippen LogP contribution in [0.5, 0.6) is 0 Å². The number of esters is 1. The molecule has 1 aromatic heterocycles. The van der Waals surface area contributed by atoms with Gasteiger partial charge in [-0.05, 0) is 13.0 Å². The zero-order valence-electron chi connectivity index (χ0n) is 10.5. The van der Waals surface area contributed by atoms with E-state index in [9.17, 15) is 14.9 Å². The Kier molecular flexibility index (Phi) is 4.26. The van der Waals surface area contributed by atoms with E-state index < -0.39 is 10.9 Å². The number of nitro benzene ring substituents is 1. The number of aromatic nitrogens is 1. The summed E-state index contributed by atoms with van der Waals surface area (Å²) in [6.07, 6.45) is 0. The average Bonchev–Trinajstić information content (AvgIpc) is 2.88. The Balaban J connectivity index is 2.19. The first kappa shape index (κ1) is 13.9. The van der Waals surface area contributed by atoms with E-state index in [1.54, 1.807) is 25.1 Å². The molecule has 0 fully saturated rings. The molecule has 1 aromatic carbocycles. The third kappa shape index (κ3) is 3.09. The molecule has 7 nitrogen and oxygen atoms in total. The molecule has 0 saturated heterocycles. The number of hydrogen-bond donors (Lipinski definition) is 1. The van der Waals surface area contributed by atoms with Crippen molar-refractivity contribution >= 4 is 33.8 Å². The second-order valence-electron chi connectivity index (χ2n) is 3.66. The third-order valence-corrected chi connectivity index (χ3v) is 3.09. The summed E-state index contributed by atoms with van der Waals surface area (Å²) in [4.78, 5) is 25.9. The molecule has 0 aliphatic carbocycles. The van der Waals surface area contributed by atoms with Crippen molar-refractivity contribution in [2.75, 3.05) is 11.9 Å². The van der Waals surface area contributed by atoms with Gasteiger partial charge in [0.1, 0.15) is 5.69 Å². The molecule has 0 spiro atoms. The fourth-order valence-corrected chi connectivity index (χ4v) is 2.18. The highest BCUT2D eigenvalue weighted by Crippen LogP contribution is 2.28. The quantitative estimate of drug-likeness (QED) is 0.517. The summed E-state index contributed by atoms with van der Waals surface area (Å²) in [5, 5.41) is 15.6. The Hall–Kier alpha value is -2.48. The van der Waals surface area contributed by atoms with Gasteiger partial charge >= 0.3 is 5.97 Å². The smallest absolute Gasteiger partial charge is 0.357 e. The van der Waals surface area contributed by atoms with E-state index in [-0.39, 0.29) is 18.0 Å². The average molecular weight is 293 g/mol. The van der Waals surface area contributed by atoms with E-state index in [1.165, 1.54) is 22.8 Å². The number of rotatable bonds is 5. The molecular weight excluding hydrogens is 282 g/mol. The van der Waals surface area contributed by atoms with Crippen molar-refractivity contribution in [3.8, 4) is 0 Å². The molecule has 20 heavy (non-hydrogen) atoms. The molecule has 104 valence electrons. The first-order valence-electron chi connectivity index (χ1n) is 5.75. The molecule has 1 heterocycles. The minimum Gasteiger partial charge on any atom is -0.461 e. The van der Waals surface area contributed by atoms with Gasteiger partial charge in [0.25, 0.3) is 5.69 Å². The van der Waals surface area contributed by atoms with Gasteiger partial charge in [0, 0.05) is 11.4 Å². The van der Waals surface area contributed by atoms with Gasteiger partial charge < -0.3 is 10.1 Å². The van der Waals surface area contributed by atoms with Crippen molar-refractivity contribution in [1.29, 1.82) is 0 Å². The number of para-hydroxylation sites is 2. The highest BCUT2D eigenvalue weighted by Gasteiger charge is 2.15. The zero-order chi connectivity index (χ0) is 14.5. The number of nitro groups is 1. The monoisotopic (exact) mass is 293 g/mol. The highest BCUT2D eigenvalue weighted by molar-refractivity contribution is 7.14. The van der Waals surface area contributed by atoms with Crippen LogP contribution in [0.15, 0.2) is 29.6 Å². The number of thiazole rings is 1. The van der Waals surface area contributed by atoms with Crippen molar-refractivity contribution in [3.63, 3.8) is 0 Å². The van der Waals surface area contributed by atoms with Crippen molar-refractivity contribution in [2.24, 2.45) is 0 Å². The highest BCUT2D eigenvalue weighted by atomic mass is 32.1. The first-order chi connectivity index (χ1) is 9.61. The maximum atomic E-state index is 11.5. The minimum atomic E-state index is -0.514. The van der Waals surface area contributed by atoms with Gasteiger partial charge in [-0.15, -0.1) is 11.3 Å². The Morgan fingerprint density at radius 2 is 2.25 bits per heavy atom. The molecule has 0 atom stereocenters. The van der Waals surface area contributed by atoms with E-state index in [4.69, 9.17) is 4.74 Å². The van der Waals surface area contributed by atoms with Crippen molar-refractivity contribution in [1.82, 2.24) is 4.98 Å². The maximum absolute atomic E-state index is 11.5. The molecule has 2 rings (SSSR count). The van der Waals surface area contributed by atoms with Crippen molar-refractivity contribution < 1.29 is 14.5 Å². The molecule has 2 aromatic rings. The lowest BCUT2D eigenvalue weighted by Crippen LogP contribution is -2.05. The van der Waals surface area contributed by atoms with Gasteiger partial charge in [-0.1, -0.05) is 12.1 Å². The molecule has 0 amide bonds. The summed E-state index contributed by atoms with van der Waals surface area (Å²) in [6.45, 7) is 1.97. The normalized spacial score (nSPS) is 10.1. The van der Waals surface area contributed by atoms with Gasteiger partial charge in [-0.3, -0.25) is 10.1 Å². The van der Waals surface area contributed by atoms with Crippen LogP contribution in [0.4, 0.5) is 16.5 Å². The summed E-state index contributed by atoms with van der Waals surface area (Å²) >= 11 is 1.17. The van der Waals surface area contributed by atoms with Gasteiger partial charge in [0.05, 0.1) is 11.5 Å². The van der Waals surface area contributed by atoms with Crippen LogP contribution < -0.4 is 5.32 Å². The number of carbonyl (C=O) groups excluding carboxylic acids is 1. The zero-order valence-corrected chi connectivity index (χ0v) is 11.3. The number of anilines is 2. The molecular formula is C12H11N3O4S. The molecule has 0 radical (unpaired) electrons. The minimum absolute atomic E-state index is 0.0552. The van der Waals surface area contributed by atoms with Crippen LogP contribution in [0, 0.1) is 10.1 Å². The van der Waals surface area contributed by atoms with Crippen LogP contribution in [-0.2, 0) is 4.74 Å². The third-order valence-electron chi connectivity index (χ3n) is 2.33. The topological polar surface area (TPSA) is 94.4 Å². The van der Waals surface area contributed by atoms with Crippen LogP contribution >= 0.6 is 11.3 Å². The summed E-state index contributed by atoms with van der Waals surface area (Å²) in [7, 11) is 0. The number of nitrogens with one attached hydrogen (secondary N) is 1. The Morgan fingerprint density at radius 1 is 1.50 bits per heavy atom. The Bertz CT molecular complexity index is 641. The molecule has 0 unspecified atom stereocenters. The van der Waals surface area contributed by atoms with Crippen LogP contribution in [0.2, 0.25) is 0 Å². The second kappa shape index (κ2) is 6.11. The fourth-order valence-electron chi connectivity index (χ4n) is 1.48. The van der Waals surface area contributed by atoms with Crippen molar-refractivity contribution in [3.05, 3.63) is 45.5 Å². The molecule has 0 aliphatic heterocycles. The van der Waals surface area contributed by atoms with Crippen LogP contribution in [0.3, 0.4) is 0 Å². The number of ether oxygens (including phenoxy) is 1. The van der Waals surface area contributed by atoms with E-state index in [0.717, 1.165) is 0 Å². The first-order valence-corrected chi connectivity index (χ1v) is 6.63. The molecule has 0 aliphatic rings. The predicted molar refractivity (Wildman–Crippen MR) is 74.4 cm³/mol. The fraction of sp³-hybridized carbons (Fsp3) is 0.167.